The molecule has 0 aromatic carbocycles. The van der Waals surface area contributed by atoms with Gasteiger partial charge in [0.15, 0.2) is 5.78 Å². The van der Waals surface area contributed by atoms with Gasteiger partial charge in [0.05, 0.1) is 23.2 Å². The Morgan fingerprint density at radius 1 is 1.30 bits per heavy atom. The maximum absolute atomic E-state index is 13.2. The molecule has 2 heterocycles. The van der Waals surface area contributed by atoms with Crippen LogP contribution in [0, 0.1) is 28.6 Å². The summed E-state index contributed by atoms with van der Waals surface area (Å²) in [4.78, 5) is 13.2. The van der Waals surface area contributed by atoms with Gasteiger partial charge in [0.25, 0.3) is 0 Å². The number of carbonyl (C=O) groups is 1. The van der Waals surface area contributed by atoms with Gasteiger partial charge in [-0.25, -0.2) is 0 Å². The van der Waals surface area contributed by atoms with Gasteiger partial charge in [-0.15, -0.1) is 0 Å². The molecule has 124 valence electrons. The average molecular weight is 314 g/mol. The number of hydrogen-bond acceptors (Lipinski definition) is 3. The molecule has 5 rings (SSSR count). The summed E-state index contributed by atoms with van der Waals surface area (Å²) in [6.07, 6.45) is 5.40. The molecule has 1 unspecified atom stereocenters. The zero-order chi connectivity index (χ0) is 16.4. The van der Waals surface area contributed by atoms with Crippen LogP contribution < -0.4 is 0 Å². The summed E-state index contributed by atoms with van der Waals surface area (Å²) in [7, 11) is 0. The Morgan fingerprint density at radius 2 is 2.04 bits per heavy atom. The van der Waals surface area contributed by atoms with Crippen LogP contribution in [0.4, 0.5) is 0 Å². The number of aliphatic hydroxyl groups excluding tert-OH is 1. The predicted molar refractivity (Wildman–Crippen MR) is 86.7 cm³/mol. The van der Waals surface area contributed by atoms with E-state index in [0.29, 0.717) is 11.5 Å². The summed E-state index contributed by atoms with van der Waals surface area (Å²) in [5, 5.41) is 11.1. The third-order valence-electron chi connectivity index (χ3n) is 8.12. The van der Waals surface area contributed by atoms with E-state index in [4.69, 9.17) is 4.74 Å². The van der Waals surface area contributed by atoms with Crippen molar-refractivity contribution in [2.24, 2.45) is 28.6 Å². The number of carbonyl (C=O) groups excluding carboxylic acids is 1. The zero-order valence-corrected chi connectivity index (χ0v) is 14.3. The minimum absolute atomic E-state index is 0.0490. The fourth-order valence-corrected chi connectivity index (χ4v) is 6.95. The number of aliphatic hydroxyl groups is 1. The molecule has 2 saturated carbocycles. The topological polar surface area (TPSA) is 46.5 Å². The van der Waals surface area contributed by atoms with Crippen LogP contribution in [0.15, 0.2) is 23.8 Å². The molecule has 3 nitrogen and oxygen atoms in total. The highest BCUT2D eigenvalue weighted by Crippen LogP contribution is 2.71. The molecule has 2 aliphatic heterocycles. The maximum atomic E-state index is 13.2. The molecule has 0 aromatic heterocycles. The van der Waals surface area contributed by atoms with Crippen molar-refractivity contribution >= 4 is 5.78 Å². The number of allylic oxidation sites excluding steroid dienone is 1. The zero-order valence-electron chi connectivity index (χ0n) is 14.3. The van der Waals surface area contributed by atoms with Gasteiger partial charge in [-0.3, -0.25) is 4.79 Å². The Balaban J connectivity index is 1.72. The van der Waals surface area contributed by atoms with Crippen LogP contribution in [0.1, 0.15) is 46.5 Å². The molecule has 0 radical (unpaired) electrons. The summed E-state index contributed by atoms with van der Waals surface area (Å²) in [5.74, 6) is 0.624. The fourth-order valence-electron chi connectivity index (χ4n) is 6.95. The fraction of sp³-hybridized carbons (Fsp3) is 0.750. The van der Waals surface area contributed by atoms with E-state index in [2.05, 4.69) is 33.4 Å². The van der Waals surface area contributed by atoms with E-state index in [1.165, 1.54) is 5.57 Å². The van der Waals surface area contributed by atoms with Crippen molar-refractivity contribution in [3.05, 3.63) is 23.8 Å². The second-order valence-corrected chi connectivity index (χ2v) is 9.32. The smallest absolute Gasteiger partial charge is 0.170 e. The molecular weight excluding hydrogens is 288 g/mol. The largest absolute Gasteiger partial charge is 0.391 e. The second-order valence-electron chi connectivity index (χ2n) is 9.32. The predicted octanol–water partition coefficient (Wildman–Crippen LogP) is 3.03. The van der Waals surface area contributed by atoms with Crippen molar-refractivity contribution in [3.8, 4) is 0 Å². The van der Waals surface area contributed by atoms with E-state index in [9.17, 15) is 9.90 Å². The quantitative estimate of drug-likeness (QED) is 0.552. The van der Waals surface area contributed by atoms with Gasteiger partial charge in [-0.1, -0.05) is 26.5 Å². The Kier molecular flexibility index (Phi) is 2.40. The first kappa shape index (κ1) is 14.4. The van der Waals surface area contributed by atoms with Gasteiger partial charge in [0, 0.05) is 11.8 Å². The lowest BCUT2D eigenvalue weighted by Gasteiger charge is -2.43. The van der Waals surface area contributed by atoms with Crippen LogP contribution in [0.5, 0.6) is 0 Å². The van der Waals surface area contributed by atoms with Gasteiger partial charge in [-0.05, 0) is 55.1 Å². The highest BCUT2D eigenvalue weighted by molar-refractivity contribution is 6.05. The number of fused-ring (bicyclic) bond motifs is 6. The van der Waals surface area contributed by atoms with Crippen molar-refractivity contribution < 1.29 is 14.6 Å². The first-order chi connectivity index (χ1) is 10.7. The molecule has 23 heavy (non-hydrogen) atoms. The Bertz CT molecular complexity index is 674. The number of ether oxygens (including phenoxy) is 1. The molecule has 0 aromatic rings. The van der Waals surface area contributed by atoms with Crippen molar-refractivity contribution in [1.82, 2.24) is 0 Å². The van der Waals surface area contributed by atoms with E-state index in [1.807, 2.05) is 0 Å². The summed E-state index contributed by atoms with van der Waals surface area (Å²) < 4.78 is 6.56. The average Bonchev–Trinajstić information content (AvgIpc) is 2.94. The van der Waals surface area contributed by atoms with Gasteiger partial charge in [0.1, 0.15) is 0 Å². The SMILES string of the molecule is C=C1C(=O)[C@]23[C@H](O)[C@H]1CC[C@H]2[C@@]1(C)O[C@@H]3CC2C1=CCC2(C)C. The number of ketones is 1. The van der Waals surface area contributed by atoms with Crippen molar-refractivity contribution in [3.63, 3.8) is 0 Å². The molecule has 3 aliphatic carbocycles. The highest BCUT2D eigenvalue weighted by atomic mass is 16.5. The molecule has 4 fully saturated rings. The lowest BCUT2D eigenvalue weighted by Crippen LogP contribution is -2.52. The Morgan fingerprint density at radius 3 is 2.78 bits per heavy atom. The first-order valence-corrected chi connectivity index (χ1v) is 9.04. The van der Waals surface area contributed by atoms with Crippen molar-refractivity contribution in [2.45, 2.75) is 64.3 Å². The van der Waals surface area contributed by atoms with Crippen LogP contribution in [0.3, 0.4) is 0 Å². The van der Waals surface area contributed by atoms with Crippen molar-refractivity contribution in [2.75, 3.05) is 0 Å². The number of hydrogen-bond donors (Lipinski definition) is 1. The van der Waals surface area contributed by atoms with Crippen LogP contribution in [0.2, 0.25) is 0 Å². The highest BCUT2D eigenvalue weighted by Gasteiger charge is 2.77. The monoisotopic (exact) mass is 314 g/mol. The molecule has 7 atom stereocenters. The summed E-state index contributed by atoms with van der Waals surface area (Å²) in [6, 6.07) is 0. The van der Waals surface area contributed by atoms with Crippen molar-refractivity contribution in [1.29, 1.82) is 0 Å². The van der Waals surface area contributed by atoms with E-state index in [0.717, 1.165) is 25.7 Å². The summed E-state index contributed by atoms with van der Waals surface area (Å²) in [6.45, 7) is 10.9. The molecule has 1 spiro atoms. The first-order valence-electron chi connectivity index (χ1n) is 9.04. The molecule has 3 heteroatoms. The Labute approximate surface area is 137 Å². The van der Waals surface area contributed by atoms with E-state index < -0.39 is 11.5 Å². The van der Waals surface area contributed by atoms with E-state index in [1.54, 1.807) is 0 Å². The molecule has 1 N–H and O–H groups in total. The Hall–Kier alpha value is -0.930. The molecule has 0 amide bonds. The van der Waals surface area contributed by atoms with Crippen LogP contribution >= 0.6 is 0 Å². The third-order valence-corrected chi connectivity index (χ3v) is 8.12. The third kappa shape index (κ3) is 1.29. The molecular formula is C20H26O3. The molecule has 5 aliphatic rings. The number of rotatable bonds is 0. The molecule has 4 bridgehead atoms. The minimum Gasteiger partial charge on any atom is -0.391 e. The standard InChI is InChI=1S/C20H26O3/c1-10-11-5-6-14-19(4)12-7-8-18(2,3)13(12)9-15(23-19)20(14,16(10)21)17(11)22/h7,11,13-15,17,22H,1,5-6,8-9H2,2-4H3/t11-,13?,14-,15+,17+,19-,20-/m0/s1. The van der Waals surface area contributed by atoms with Gasteiger partial charge >= 0.3 is 0 Å². The number of Topliss-reactive ketones (excluding diaryl/α,β-unsaturated/α-hetero) is 1. The lowest BCUT2D eigenvalue weighted by molar-refractivity contribution is -0.140. The maximum Gasteiger partial charge on any atom is 0.170 e. The minimum atomic E-state index is -0.726. The van der Waals surface area contributed by atoms with E-state index in [-0.39, 0.29) is 34.7 Å². The van der Waals surface area contributed by atoms with Crippen LogP contribution in [0.25, 0.3) is 0 Å². The van der Waals surface area contributed by atoms with Crippen LogP contribution in [-0.2, 0) is 9.53 Å². The summed E-state index contributed by atoms with van der Waals surface area (Å²) >= 11 is 0. The van der Waals surface area contributed by atoms with E-state index >= 15 is 0 Å². The molecule has 2 saturated heterocycles. The lowest BCUT2D eigenvalue weighted by atomic mass is 9.60. The van der Waals surface area contributed by atoms with Crippen LogP contribution in [-0.4, -0.2) is 28.7 Å². The summed E-state index contributed by atoms with van der Waals surface area (Å²) in [5.41, 5.74) is 1.17. The van der Waals surface area contributed by atoms with Gasteiger partial charge < -0.3 is 9.84 Å². The van der Waals surface area contributed by atoms with Gasteiger partial charge in [0.2, 0.25) is 0 Å². The normalized spacial score (nSPS) is 55.7. The van der Waals surface area contributed by atoms with Gasteiger partial charge in [-0.2, -0.15) is 0 Å². The second kappa shape index (κ2) is 3.83.